The summed E-state index contributed by atoms with van der Waals surface area (Å²) in [6, 6.07) is 9.03. The molecule has 0 atom stereocenters. The van der Waals surface area contributed by atoms with Crippen molar-refractivity contribution in [2.75, 3.05) is 5.32 Å². The van der Waals surface area contributed by atoms with E-state index in [1.54, 1.807) is 0 Å². The zero-order chi connectivity index (χ0) is 22.8. The molecule has 0 spiro atoms. The van der Waals surface area contributed by atoms with E-state index >= 15 is 0 Å². The molecule has 1 amide bonds. The Morgan fingerprint density at radius 2 is 1.55 bits per heavy atom. The van der Waals surface area contributed by atoms with E-state index in [1.807, 2.05) is 0 Å². The number of rotatable bonds is 6. The number of carbonyl (C=O) groups excluding carboxylic acids is 1. The predicted octanol–water partition coefficient (Wildman–Crippen LogP) is 4.74. The van der Waals surface area contributed by atoms with Crippen LogP contribution in [0.1, 0.15) is 15.9 Å². The highest BCUT2D eigenvalue weighted by atomic mass is 79.9. The lowest BCUT2D eigenvalue weighted by Gasteiger charge is -2.11. The molecule has 3 rings (SSSR count). The van der Waals surface area contributed by atoms with Gasteiger partial charge in [0, 0.05) is 17.1 Å². The monoisotopic (exact) mass is 516 g/mol. The molecule has 0 aliphatic heterocycles. The van der Waals surface area contributed by atoms with Crippen LogP contribution < -0.4 is 10.0 Å². The minimum atomic E-state index is -4.16. The Kier molecular flexibility index (Phi) is 6.77. The molecule has 0 radical (unpaired) electrons. The van der Waals surface area contributed by atoms with E-state index in [2.05, 4.69) is 26.0 Å². The Balaban J connectivity index is 1.83. The van der Waals surface area contributed by atoms with Crippen LogP contribution in [0.3, 0.4) is 0 Å². The van der Waals surface area contributed by atoms with Crippen LogP contribution >= 0.6 is 15.9 Å². The minimum absolute atomic E-state index is 0.122. The lowest BCUT2D eigenvalue weighted by atomic mass is 10.2. The van der Waals surface area contributed by atoms with Gasteiger partial charge in [0.05, 0.1) is 16.1 Å². The van der Waals surface area contributed by atoms with Crippen molar-refractivity contribution in [3.63, 3.8) is 0 Å². The molecule has 3 aromatic carbocycles. The Bertz CT molecular complexity index is 1230. The lowest BCUT2D eigenvalue weighted by molar-refractivity contribution is 0.102. The largest absolute Gasteiger partial charge is 0.318 e. The number of amides is 1. The van der Waals surface area contributed by atoms with Crippen LogP contribution in [0.25, 0.3) is 0 Å². The fourth-order valence-electron chi connectivity index (χ4n) is 2.55. The number of hydrogen-bond donors (Lipinski definition) is 2. The molecule has 0 unspecified atom stereocenters. The van der Waals surface area contributed by atoms with Crippen molar-refractivity contribution < 1.29 is 30.8 Å². The van der Waals surface area contributed by atoms with E-state index in [1.165, 1.54) is 12.1 Å². The number of halogens is 5. The maximum Gasteiger partial charge on any atom is 0.258 e. The first-order valence-corrected chi connectivity index (χ1v) is 10.8. The molecule has 0 aromatic heterocycles. The molecule has 0 aliphatic carbocycles. The van der Waals surface area contributed by atoms with Crippen LogP contribution in [0.15, 0.2) is 64.0 Å². The summed E-state index contributed by atoms with van der Waals surface area (Å²) in [7, 11) is -4.16. The number of benzene rings is 3. The first kappa shape index (κ1) is 22.9. The maximum absolute atomic E-state index is 14.2. The third-order valence-corrected chi connectivity index (χ3v) is 6.14. The van der Waals surface area contributed by atoms with Crippen molar-refractivity contribution in [2.24, 2.45) is 0 Å². The average molecular weight is 517 g/mol. The summed E-state index contributed by atoms with van der Waals surface area (Å²) in [6.07, 6.45) is 0. The Morgan fingerprint density at radius 3 is 2.19 bits per heavy atom. The van der Waals surface area contributed by atoms with Gasteiger partial charge in [-0.3, -0.25) is 4.79 Å². The van der Waals surface area contributed by atoms with Crippen molar-refractivity contribution in [2.45, 2.75) is 11.4 Å². The highest BCUT2D eigenvalue weighted by Gasteiger charge is 2.21. The van der Waals surface area contributed by atoms with Gasteiger partial charge in [0.1, 0.15) is 17.5 Å². The van der Waals surface area contributed by atoms with Crippen molar-refractivity contribution >= 4 is 37.5 Å². The van der Waals surface area contributed by atoms with Crippen LogP contribution in [0.5, 0.6) is 0 Å². The zero-order valence-corrected chi connectivity index (χ0v) is 17.8. The Morgan fingerprint density at radius 1 is 0.871 bits per heavy atom. The molecule has 0 saturated heterocycles. The second-order valence-electron chi connectivity index (χ2n) is 6.29. The predicted molar refractivity (Wildman–Crippen MR) is 109 cm³/mol. The fourth-order valence-corrected chi connectivity index (χ4v) is 4.10. The number of sulfonamides is 1. The van der Waals surface area contributed by atoms with Gasteiger partial charge in [-0.15, -0.1) is 0 Å². The smallest absolute Gasteiger partial charge is 0.258 e. The number of carbonyl (C=O) groups is 1. The summed E-state index contributed by atoms with van der Waals surface area (Å²) >= 11 is 2.89. The van der Waals surface area contributed by atoms with E-state index in [4.69, 9.17) is 0 Å². The van der Waals surface area contributed by atoms with Gasteiger partial charge >= 0.3 is 0 Å². The van der Waals surface area contributed by atoms with Crippen LogP contribution in [0.2, 0.25) is 0 Å². The molecular formula is C20H13BrF4N2O3S. The van der Waals surface area contributed by atoms with E-state index in [9.17, 15) is 30.8 Å². The van der Waals surface area contributed by atoms with Gasteiger partial charge < -0.3 is 5.32 Å². The molecule has 3 aromatic rings. The van der Waals surface area contributed by atoms with Gasteiger partial charge in [0.2, 0.25) is 10.0 Å². The number of anilines is 1. The highest BCUT2D eigenvalue weighted by molar-refractivity contribution is 9.10. The number of nitrogens with one attached hydrogen (secondary N) is 2. The van der Waals surface area contributed by atoms with Crippen molar-refractivity contribution in [1.29, 1.82) is 0 Å². The van der Waals surface area contributed by atoms with Crippen LogP contribution in [0, 0.1) is 23.3 Å². The molecule has 5 nitrogen and oxygen atoms in total. The van der Waals surface area contributed by atoms with Crippen molar-refractivity contribution in [3.8, 4) is 0 Å². The first-order valence-electron chi connectivity index (χ1n) is 8.56. The normalized spacial score (nSPS) is 11.4. The molecule has 162 valence electrons. The second-order valence-corrected chi connectivity index (χ2v) is 8.91. The summed E-state index contributed by atoms with van der Waals surface area (Å²) < 4.78 is 81.4. The lowest BCUT2D eigenvalue weighted by Crippen LogP contribution is -2.24. The second kappa shape index (κ2) is 9.16. The molecule has 0 bridgehead atoms. The summed E-state index contributed by atoms with van der Waals surface area (Å²) in [5.74, 6) is -4.67. The average Bonchev–Trinajstić information content (AvgIpc) is 2.70. The molecule has 11 heteroatoms. The molecule has 0 saturated carbocycles. The number of hydrogen-bond acceptors (Lipinski definition) is 3. The first-order chi connectivity index (χ1) is 14.6. The summed E-state index contributed by atoms with van der Waals surface area (Å²) in [4.78, 5) is 12.0. The van der Waals surface area contributed by atoms with Gasteiger partial charge in [-0.2, -0.15) is 0 Å². The van der Waals surface area contributed by atoms with E-state index in [0.29, 0.717) is 11.6 Å². The molecule has 0 aliphatic rings. The van der Waals surface area contributed by atoms with E-state index in [-0.39, 0.29) is 11.0 Å². The standard InChI is InChI=1S/C20H13BrF4N2O3S/c21-16-7-13(23)8-18(25)19(16)27-20(28)15-9-14(5-6-17(15)24)31(29,30)26-10-11-1-3-12(22)4-2-11/h1-9,26H,10H2,(H,27,28). The summed E-state index contributed by atoms with van der Waals surface area (Å²) in [6.45, 7) is -0.171. The quantitative estimate of drug-likeness (QED) is 0.465. The third kappa shape index (κ3) is 5.49. The molecule has 0 fully saturated rings. The fraction of sp³-hybridized carbons (Fsp3) is 0.0500. The zero-order valence-electron chi connectivity index (χ0n) is 15.4. The molecule has 2 N–H and O–H groups in total. The van der Waals surface area contributed by atoms with Gasteiger partial charge in [-0.05, 0) is 57.9 Å². The Labute approximate surface area is 183 Å². The van der Waals surface area contributed by atoms with Crippen LogP contribution in [-0.4, -0.2) is 14.3 Å². The van der Waals surface area contributed by atoms with Gasteiger partial charge in [0.15, 0.2) is 5.82 Å². The highest BCUT2D eigenvalue weighted by Crippen LogP contribution is 2.28. The topological polar surface area (TPSA) is 75.3 Å². The van der Waals surface area contributed by atoms with Gasteiger partial charge in [-0.25, -0.2) is 30.7 Å². The van der Waals surface area contributed by atoms with Gasteiger partial charge in [-0.1, -0.05) is 12.1 Å². The minimum Gasteiger partial charge on any atom is -0.318 e. The summed E-state index contributed by atoms with van der Waals surface area (Å²) in [5, 5.41) is 2.09. The van der Waals surface area contributed by atoms with E-state index < -0.39 is 55.3 Å². The van der Waals surface area contributed by atoms with Crippen LogP contribution in [0.4, 0.5) is 23.2 Å². The van der Waals surface area contributed by atoms with Crippen molar-refractivity contribution in [3.05, 3.63) is 93.5 Å². The van der Waals surface area contributed by atoms with Crippen molar-refractivity contribution in [1.82, 2.24) is 4.72 Å². The molecule has 31 heavy (non-hydrogen) atoms. The third-order valence-electron chi connectivity index (χ3n) is 4.12. The SMILES string of the molecule is O=C(Nc1c(F)cc(F)cc1Br)c1cc(S(=O)(=O)NCc2ccc(F)cc2)ccc1F. The molecular weight excluding hydrogens is 504 g/mol. The Hall–Kier alpha value is -2.76. The van der Waals surface area contributed by atoms with E-state index in [0.717, 1.165) is 36.4 Å². The van der Waals surface area contributed by atoms with Crippen LogP contribution in [-0.2, 0) is 16.6 Å². The van der Waals surface area contributed by atoms with Gasteiger partial charge in [0.25, 0.3) is 5.91 Å². The molecule has 0 heterocycles. The maximum atomic E-state index is 14.2. The summed E-state index contributed by atoms with van der Waals surface area (Å²) in [5.41, 5.74) is -0.629.